The molecule has 0 atom stereocenters. The number of dihydropyridines is 1. The number of rotatable bonds is 2. The largest absolute Gasteiger partial charge is 0.446 e. The molecule has 0 saturated carbocycles. The molecule has 0 aromatic heterocycles. The SMILES string of the molecule is CC(=O)N1CCN(C2=C[C-]=C(C(C)C)CN2)C(=O)C1.[Y]. The number of amides is 2. The molecule has 0 bridgehead atoms. The van der Waals surface area contributed by atoms with Crippen LogP contribution in [0.5, 0.6) is 0 Å². The van der Waals surface area contributed by atoms with E-state index in [1.165, 1.54) is 12.5 Å². The van der Waals surface area contributed by atoms with Crippen molar-refractivity contribution < 1.29 is 42.3 Å². The fraction of sp³-hybridized carbons (Fsp3) is 0.571. The van der Waals surface area contributed by atoms with Crippen LogP contribution in [0.25, 0.3) is 0 Å². The minimum Gasteiger partial charge on any atom is -0.446 e. The van der Waals surface area contributed by atoms with Crippen LogP contribution in [-0.4, -0.2) is 47.8 Å². The Kier molecular flexibility index (Phi) is 6.40. The maximum absolute atomic E-state index is 12.0. The molecule has 5 nitrogen and oxygen atoms in total. The molecule has 0 aromatic carbocycles. The fourth-order valence-corrected chi connectivity index (χ4v) is 2.19. The van der Waals surface area contributed by atoms with Crippen LogP contribution in [0.2, 0.25) is 0 Å². The van der Waals surface area contributed by atoms with Gasteiger partial charge in [-0.15, -0.1) is 5.57 Å². The van der Waals surface area contributed by atoms with E-state index in [1.807, 2.05) is 6.08 Å². The zero-order chi connectivity index (χ0) is 14.0. The van der Waals surface area contributed by atoms with Gasteiger partial charge in [-0.3, -0.25) is 9.59 Å². The molecule has 2 aliphatic rings. The van der Waals surface area contributed by atoms with E-state index in [9.17, 15) is 9.59 Å². The Morgan fingerprint density at radius 2 is 2.10 bits per heavy atom. The van der Waals surface area contributed by atoms with Gasteiger partial charge in [0, 0.05) is 59.3 Å². The van der Waals surface area contributed by atoms with E-state index >= 15 is 0 Å². The van der Waals surface area contributed by atoms with Gasteiger partial charge in [-0.1, -0.05) is 13.8 Å². The minimum atomic E-state index is -0.0489. The first kappa shape index (κ1) is 17.4. The summed E-state index contributed by atoms with van der Waals surface area (Å²) in [4.78, 5) is 26.6. The van der Waals surface area contributed by atoms with Crippen LogP contribution in [0, 0.1) is 12.0 Å². The zero-order valence-electron chi connectivity index (χ0n) is 12.3. The number of piperazine rings is 1. The molecule has 107 valence electrons. The van der Waals surface area contributed by atoms with Gasteiger partial charge in [0.05, 0.1) is 6.54 Å². The van der Waals surface area contributed by atoms with Crippen LogP contribution in [0.4, 0.5) is 0 Å². The summed E-state index contributed by atoms with van der Waals surface area (Å²) in [5.74, 6) is 1.15. The van der Waals surface area contributed by atoms with Crippen LogP contribution >= 0.6 is 0 Å². The van der Waals surface area contributed by atoms with Gasteiger partial charge in [-0.2, -0.15) is 6.08 Å². The quantitative estimate of drug-likeness (QED) is 0.738. The molecular formula is C14H20N3O2Y-. The Bertz CT molecular complexity index is 457. The molecule has 1 N–H and O–H groups in total. The zero-order valence-corrected chi connectivity index (χ0v) is 15.1. The van der Waals surface area contributed by atoms with Gasteiger partial charge in [0.1, 0.15) is 0 Å². The van der Waals surface area contributed by atoms with Crippen molar-refractivity contribution in [1.82, 2.24) is 15.1 Å². The van der Waals surface area contributed by atoms with Crippen molar-refractivity contribution in [3.63, 3.8) is 0 Å². The summed E-state index contributed by atoms with van der Waals surface area (Å²) >= 11 is 0. The second kappa shape index (κ2) is 7.37. The van der Waals surface area contributed by atoms with Crippen molar-refractivity contribution in [1.29, 1.82) is 0 Å². The standard InChI is InChI=1S/C14H20N3O2.Y/c1-10(2)12-4-5-13(15-8-12)17-7-6-16(11(3)18)9-14(17)19;/h5,10,15H,6-9H2,1-3H3;/q-1;. The first-order chi connectivity index (χ1) is 8.99. The molecule has 20 heavy (non-hydrogen) atoms. The predicted molar refractivity (Wildman–Crippen MR) is 71.6 cm³/mol. The Labute approximate surface area is 145 Å². The molecule has 0 aromatic rings. The van der Waals surface area contributed by atoms with Crippen LogP contribution in [-0.2, 0) is 42.3 Å². The van der Waals surface area contributed by atoms with Gasteiger partial charge in [0.2, 0.25) is 11.8 Å². The van der Waals surface area contributed by atoms with Crippen LogP contribution in [0.1, 0.15) is 20.8 Å². The van der Waals surface area contributed by atoms with E-state index in [1.54, 1.807) is 9.80 Å². The molecule has 0 aliphatic carbocycles. The van der Waals surface area contributed by atoms with Crippen molar-refractivity contribution in [3.8, 4) is 0 Å². The van der Waals surface area contributed by atoms with Crippen molar-refractivity contribution >= 4 is 11.8 Å². The molecule has 1 radical (unpaired) electrons. The average molecular weight is 351 g/mol. The van der Waals surface area contributed by atoms with E-state index in [4.69, 9.17) is 0 Å². The maximum atomic E-state index is 12.0. The van der Waals surface area contributed by atoms with Crippen LogP contribution < -0.4 is 5.32 Å². The molecule has 0 spiro atoms. The Morgan fingerprint density at radius 1 is 1.40 bits per heavy atom. The van der Waals surface area contributed by atoms with E-state index in [0.29, 0.717) is 19.0 Å². The van der Waals surface area contributed by atoms with E-state index < -0.39 is 0 Å². The number of nitrogens with zero attached hydrogens (tertiary/aromatic N) is 2. The van der Waals surface area contributed by atoms with Gasteiger partial charge in [-0.05, 0) is 11.7 Å². The first-order valence-electron chi connectivity index (χ1n) is 6.61. The third-order valence-electron chi connectivity index (χ3n) is 3.51. The number of carbonyl (C=O) groups is 2. The maximum Gasteiger partial charge on any atom is 0.231 e. The van der Waals surface area contributed by atoms with E-state index in [0.717, 1.165) is 12.4 Å². The number of allylic oxidation sites excluding steroid dienone is 2. The van der Waals surface area contributed by atoms with Crippen LogP contribution in [0.15, 0.2) is 17.5 Å². The first-order valence-corrected chi connectivity index (χ1v) is 6.61. The summed E-state index contributed by atoms with van der Waals surface area (Å²) in [6.07, 6.45) is 5.07. The molecule has 0 unspecified atom stereocenters. The molecule has 2 amide bonds. The monoisotopic (exact) mass is 351 g/mol. The predicted octanol–water partition coefficient (Wildman–Crippen LogP) is 0.505. The van der Waals surface area contributed by atoms with Gasteiger partial charge in [-0.25, -0.2) is 6.08 Å². The third kappa shape index (κ3) is 3.92. The summed E-state index contributed by atoms with van der Waals surface area (Å²) in [5.41, 5.74) is 1.21. The molecule has 2 heterocycles. The Hall–Kier alpha value is -0.676. The normalized spacial score (nSPS) is 19.1. The summed E-state index contributed by atoms with van der Waals surface area (Å²) in [6, 6.07) is 0. The number of hydrogen-bond donors (Lipinski definition) is 1. The molecule has 2 aliphatic heterocycles. The molecule has 6 heteroatoms. The summed E-state index contributed by atoms with van der Waals surface area (Å²) in [6.45, 7) is 7.75. The van der Waals surface area contributed by atoms with E-state index in [2.05, 4.69) is 25.2 Å². The van der Waals surface area contributed by atoms with Gasteiger partial charge < -0.3 is 15.1 Å². The Balaban J connectivity index is 0.00000200. The summed E-state index contributed by atoms with van der Waals surface area (Å²) in [5, 5.41) is 3.26. The van der Waals surface area contributed by atoms with Crippen molar-refractivity contribution in [2.75, 3.05) is 26.2 Å². The fourth-order valence-electron chi connectivity index (χ4n) is 2.19. The molecule has 1 fully saturated rings. The number of carbonyl (C=O) groups excluding carboxylic acids is 2. The van der Waals surface area contributed by atoms with Crippen molar-refractivity contribution in [2.24, 2.45) is 5.92 Å². The molecular weight excluding hydrogens is 331 g/mol. The number of nitrogens with one attached hydrogen (secondary N) is 1. The summed E-state index contributed by atoms with van der Waals surface area (Å²) < 4.78 is 0. The third-order valence-corrected chi connectivity index (χ3v) is 3.51. The smallest absolute Gasteiger partial charge is 0.231 e. The molecule has 2 rings (SSSR count). The van der Waals surface area contributed by atoms with Gasteiger partial charge in [0.15, 0.2) is 0 Å². The molecule has 1 saturated heterocycles. The minimum absolute atomic E-state index is 0. The van der Waals surface area contributed by atoms with Gasteiger partial charge >= 0.3 is 0 Å². The van der Waals surface area contributed by atoms with Crippen molar-refractivity contribution in [2.45, 2.75) is 20.8 Å². The Morgan fingerprint density at radius 3 is 2.55 bits per heavy atom. The van der Waals surface area contributed by atoms with Crippen LogP contribution in [0.3, 0.4) is 0 Å². The second-order valence-corrected chi connectivity index (χ2v) is 5.19. The average Bonchev–Trinajstić information content (AvgIpc) is 2.38. The summed E-state index contributed by atoms with van der Waals surface area (Å²) in [7, 11) is 0. The number of hydrogen-bond acceptors (Lipinski definition) is 3. The topological polar surface area (TPSA) is 52.7 Å². The van der Waals surface area contributed by atoms with Gasteiger partial charge in [0.25, 0.3) is 0 Å². The van der Waals surface area contributed by atoms with Crippen molar-refractivity contribution in [3.05, 3.63) is 23.5 Å². The van der Waals surface area contributed by atoms with E-state index in [-0.39, 0.29) is 51.1 Å². The second-order valence-electron chi connectivity index (χ2n) is 5.19.